The summed E-state index contributed by atoms with van der Waals surface area (Å²) >= 11 is 1.64. The van der Waals surface area contributed by atoms with Crippen molar-refractivity contribution in [1.82, 2.24) is 10.2 Å². The third-order valence-corrected chi connectivity index (χ3v) is 4.30. The normalized spacial score (nSPS) is 10.7. The highest BCUT2D eigenvalue weighted by molar-refractivity contribution is 7.15. The first-order chi connectivity index (χ1) is 10.5. The van der Waals surface area contributed by atoms with E-state index in [1.54, 1.807) is 30.4 Å². The second-order valence-corrected chi connectivity index (χ2v) is 6.28. The number of hydrogen-bond donors (Lipinski definition) is 2. The average molecular weight is 315 g/mol. The molecular formula is C16H14FN3OS. The van der Waals surface area contributed by atoms with Crippen molar-refractivity contribution in [2.24, 2.45) is 0 Å². The van der Waals surface area contributed by atoms with Crippen LogP contribution in [-0.4, -0.2) is 16.1 Å². The number of carbonyl (C=O) groups is 1. The van der Waals surface area contributed by atoms with Gasteiger partial charge in [-0.1, -0.05) is 6.07 Å². The third-order valence-electron chi connectivity index (χ3n) is 3.27. The number of H-pyrrole nitrogens is 1. The van der Waals surface area contributed by atoms with Crippen LogP contribution in [-0.2, 0) is 0 Å². The number of thiophene rings is 1. The number of aromatic nitrogens is 2. The Labute approximate surface area is 131 Å². The van der Waals surface area contributed by atoms with E-state index >= 15 is 0 Å². The molecule has 0 unspecified atom stereocenters. The minimum atomic E-state index is -0.437. The molecule has 1 aromatic carbocycles. The average Bonchev–Trinajstić information content (AvgIpc) is 3.10. The van der Waals surface area contributed by atoms with E-state index in [0.29, 0.717) is 16.9 Å². The van der Waals surface area contributed by atoms with E-state index in [1.807, 2.05) is 19.1 Å². The van der Waals surface area contributed by atoms with Crippen LogP contribution in [0.1, 0.15) is 20.8 Å². The van der Waals surface area contributed by atoms with Crippen LogP contribution in [0.3, 0.4) is 0 Å². The zero-order chi connectivity index (χ0) is 15.7. The molecule has 6 heteroatoms. The number of rotatable bonds is 3. The highest BCUT2D eigenvalue weighted by Crippen LogP contribution is 2.27. The van der Waals surface area contributed by atoms with Gasteiger partial charge in [0, 0.05) is 16.5 Å². The van der Waals surface area contributed by atoms with E-state index in [-0.39, 0.29) is 5.91 Å². The molecule has 3 rings (SSSR count). The monoisotopic (exact) mass is 315 g/mol. The zero-order valence-electron chi connectivity index (χ0n) is 12.1. The van der Waals surface area contributed by atoms with Crippen molar-refractivity contribution in [3.63, 3.8) is 0 Å². The highest BCUT2D eigenvalue weighted by atomic mass is 32.1. The third kappa shape index (κ3) is 2.92. The van der Waals surface area contributed by atoms with Crippen molar-refractivity contribution in [1.29, 1.82) is 0 Å². The van der Waals surface area contributed by atoms with Gasteiger partial charge in [0.1, 0.15) is 5.82 Å². The van der Waals surface area contributed by atoms with Crippen LogP contribution in [0.2, 0.25) is 0 Å². The Balaban J connectivity index is 1.80. The maximum Gasteiger partial charge on any atom is 0.257 e. The Bertz CT molecular complexity index is 838. The van der Waals surface area contributed by atoms with Crippen LogP contribution in [0, 0.1) is 19.7 Å². The number of benzene rings is 1. The van der Waals surface area contributed by atoms with E-state index in [0.717, 1.165) is 10.6 Å². The number of aryl methyl sites for hydroxylation is 2. The molecule has 0 aliphatic heterocycles. The van der Waals surface area contributed by atoms with Crippen molar-refractivity contribution < 1.29 is 9.18 Å². The molecule has 0 aliphatic carbocycles. The van der Waals surface area contributed by atoms with Gasteiger partial charge in [-0.25, -0.2) is 4.39 Å². The molecule has 1 amide bonds. The van der Waals surface area contributed by atoms with Crippen molar-refractivity contribution in [2.45, 2.75) is 13.8 Å². The Hall–Kier alpha value is -2.47. The molecule has 0 aliphatic rings. The molecule has 2 N–H and O–H groups in total. The number of hydrogen-bond acceptors (Lipinski definition) is 3. The zero-order valence-corrected chi connectivity index (χ0v) is 12.9. The van der Waals surface area contributed by atoms with Gasteiger partial charge in [0.15, 0.2) is 5.82 Å². The lowest BCUT2D eigenvalue weighted by Gasteiger charge is -2.05. The summed E-state index contributed by atoms with van der Waals surface area (Å²) in [6.07, 6.45) is 0. The minimum absolute atomic E-state index is 0.302. The Morgan fingerprint density at radius 2 is 2.05 bits per heavy atom. The minimum Gasteiger partial charge on any atom is -0.305 e. The molecule has 0 atom stereocenters. The van der Waals surface area contributed by atoms with E-state index < -0.39 is 5.82 Å². The van der Waals surface area contributed by atoms with Gasteiger partial charge < -0.3 is 5.32 Å². The molecule has 112 valence electrons. The number of aromatic amines is 1. The molecule has 0 radical (unpaired) electrons. The second-order valence-electron chi connectivity index (χ2n) is 4.99. The van der Waals surface area contributed by atoms with E-state index in [1.165, 1.54) is 17.0 Å². The van der Waals surface area contributed by atoms with E-state index in [9.17, 15) is 9.18 Å². The van der Waals surface area contributed by atoms with Gasteiger partial charge >= 0.3 is 0 Å². The van der Waals surface area contributed by atoms with Crippen LogP contribution >= 0.6 is 11.3 Å². The summed E-state index contributed by atoms with van der Waals surface area (Å²) in [5, 5.41) is 9.65. The number of nitrogens with zero attached hydrogens (tertiary/aromatic N) is 1. The quantitative estimate of drug-likeness (QED) is 0.763. The van der Waals surface area contributed by atoms with Gasteiger partial charge in [0.05, 0.1) is 10.6 Å². The van der Waals surface area contributed by atoms with Crippen molar-refractivity contribution in [3.05, 3.63) is 58.2 Å². The Morgan fingerprint density at radius 1 is 1.23 bits per heavy atom. The van der Waals surface area contributed by atoms with Gasteiger partial charge in [0.2, 0.25) is 0 Å². The van der Waals surface area contributed by atoms with Gasteiger partial charge in [-0.2, -0.15) is 5.10 Å². The van der Waals surface area contributed by atoms with Crippen molar-refractivity contribution in [2.75, 3.05) is 5.32 Å². The van der Waals surface area contributed by atoms with Crippen molar-refractivity contribution >= 4 is 23.1 Å². The molecule has 2 heterocycles. The first-order valence-electron chi connectivity index (χ1n) is 6.72. The summed E-state index contributed by atoms with van der Waals surface area (Å²) in [6.45, 7) is 3.79. The first kappa shape index (κ1) is 14.5. The topological polar surface area (TPSA) is 57.8 Å². The van der Waals surface area contributed by atoms with E-state index in [4.69, 9.17) is 0 Å². The summed E-state index contributed by atoms with van der Waals surface area (Å²) in [4.78, 5) is 14.5. The summed E-state index contributed by atoms with van der Waals surface area (Å²) in [5.74, 6) is -0.403. The Morgan fingerprint density at radius 3 is 2.77 bits per heavy atom. The van der Waals surface area contributed by atoms with Crippen LogP contribution in [0.15, 0.2) is 36.4 Å². The van der Waals surface area contributed by atoms with Gasteiger partial charge in [-0.05, 0) is 43.7 Å². The molecule has 0 saturated carbocycles. The smallest absolute Gasteiger partial charge is 0.257 e. The second kappa shape index (κ2) is 5.73. The van der Waals surface area contributed by atoms with Gasteiger partial charge in [-0.15, -0.1) is 11.3 Å². The highest BCUT2D eigenvalue weighted by Gasteiger charge is 2.13. The summed E-state index contributed by atoms with van der Waals surface area (Å²) in [6, 6.07) is 9.91. The first-order valence-corrected chi connectivity index (χ1v) is 7.54. The van der Waals surface area contributed by atoms with Crippen LogP contribution in [0.5, 0.6) is 0 Å². The SMILES string of the molecule is Cc1ccc(-c2cc(NC(=O)c3cc(F)ccc3C)n[nH]2)s1. The van der Waals surface area contributed by atoms with Crippen molar-refractivity contribution in [3.8, 4) is 10.6 Å². The Kier molecular flexibility index (Phi) is 3.77. The largest absolute Gasteiger partial charge is 0.305 e. The van der Waals surface area contributed by atoms with Gasteiger partial charge in [0.25, 0.3) is 5.91 Å². The predicted octanol–water partition coefficient (Wildman–Crippen LogP) is 4.15. The molecule has 2 aromatic heterocycles. The number of anilines is 1. The lowest BCUT2D eigenvalue weighted by molar-refractivity contribution is 0.102. The van der Waals surface area contributed by atoms with Crippen LogP contribution in [0.4, 0.5) is 10.2 Å². The lowest BCUT2D eigenvalue weighted by Crippen LogP contribution is -2.13. The summed E-state index contributed by atoms with van der Waals surface area (Å²) in [5.41, 5.74) is 1.85. The fourth-order valence-electron chi connectivity index (χ4n) is 2.11. The number of amides is 1. The molecule has 22 heavy (non-hydrogen) atoms. The molecule has 0 bridgehead atoms. The van der Waals surface area contributed by atoms with E-state index in [2.05, 4.69) is 15.5 Å². The number of halogens is 1. The van der Waals surface area contributed by atoms with Crippen LogP contribution < -0.4 is 5.32 Å². The molecular weight excluding hydrogens is 301 g/mol. The molecule has 0 spiro atoms. The number of nitrogens with one attached hydrogen (secondary N) is 2. The lowest BCUT2D eigenvalue weighted by atomic mass is 10.1. The predicted molar refractivity (Wildman–Crippen MR) is 85.7 cm³/mol. The van der Waals surface area contributed by atoms with Crippen LogP contribution in [0.25, 0.3) is 10.6 Å². The molecule has 4 nitrogen and oxygen atoms in total. The maximum atomic E-state index is 13.3. The summed E-state index contributed by atoms with van der Waals surface area (Å²) in [7, 11) is 0. The standard InChI is InChI=1S/C16H14FN3OS/c1-9-3-5-11(17)7-12(9)16(21)18-15-8-13(19-20-15)14-6-4-10(2)22-14/h3-8H,1-2H3,(H2,18,19,20,21). The fraction of sp³-hybridized carbons (Fsp3) is 0.125. The molecule has 0 fully saturated rings. The fourth-order valence-corrected chi connectivity index (χ4v) is 2.95. The molecule has 3 aromatic rings. The summed E-state index contributed by atoms with van der Waals surface area (Å²) < 4.78 is 13.3. The number of carbonyl (C=O) groups excluding carboxylic acids is 1. The maximum absolute atomic E-state index is 13.3. The molecule has 0 saturated heterocycles. The van der Waals surface area contributed by atoms with Gasteiger partial charge in [-0.3, -0.25) is 9.89 Å².